The molecule has 20 heavy (non-hydrogen) atoms. The lowest BCUT2D eigenvalue weighted by molar-refractivity contribution is 0.599. The van der Waals surface area contributed by atoms with Crippen LogP contribution in [-0.2, 0) is 0 Å². The first-order chi connectivity index (χ1) is 9.61. The molecule has 2 aromatic carbocycles. The Bertz CT molecular complexity index is 601. The molecule has 0 unspecified atom stereocenters. The zero-order chi connectivity index (χ0) is 14.1. The third-order valence-electron chi connectivity index (χ3n) is 3.97. The van der Waals surface area contributed by atoms with Crippen LogP contribution in [0.5, 0.6) is 0 Å². The second kappa shape index (κ2) is 5.20. The minimum absolute atomic E-state index is 0.379. The normalized spacial score (nSPS) is 20.9. The van der Waals surface area contributed by atoms with Crippen LogP contribution in [0.4, 0.5) is 11.4 Å². The predicted molar refractivity (Wildman–Crippen MR) is 86.4 cm³/mol. The van der Waals surface area contributed by atoms with Gasteiger partial charge < -0.3 is 10.6 Å². The topological polar surface area (TPSA) is 24.1 Å². The molecule has 0 radical (unpaired) electrons. The third kappa shape index (κ3) is 2.64. The van der Waals surface area contributed by atoms with Crippen LogP contribution in [0.2, 0.25) is 0 Å². The summed E-state index contributed by atoms with van der Waals surface area (Å²) in [6.07, 6.45) is 1.10. The molecule has 1 aliphatic heterocycles. The molecular formula is C18H22N2. The summed E-state index contributed by atoms with van der Waals surface area (Å²) < 4.78 is 0. The molecule has 0 amide bonds. The van der Waals surface area contributed by atoms with Gasteiger partial charge in [0.25, 0.3) is 0 Å². The molecule has 0 bridgehead atoms. The van der Waals surface area contributed by atoms with Crippen molar-refractivity contribution in [1.29, 1.82) is 0 Å². The van der Waals surface area contributed by atoms with Gasteiger partial charge >= 0.3 is 0 Å². The van der Waals surface area contributed by atoms with Crippen molar-refractivity contribution in [1.82, 2.24) is 0 Å². The predicted octanol–water partition coefficient (Wildman–Crippen LogP) is 4.66. The second-order valence-electron chi connectivity index (χ2n) is 5.93. The van der Waals surface area contributed by atoms with Crippen LogP contribution in [0.15, 0.2) is 42.5 Å². The van der Waals surface area contributed by atoms with Gasteiger partial charge in [0.1, 0.15) is 0 Å². The minimum Gasteiger partial charge on any atom is -0.382 e. The molecular weight excluding hydrogens is 244 g/mol. The SMILES string of the molecule is Cc1ccc(N[C@@H]2C[C@@H](C)Nc3ccc(C)cc32)cc1. The van der Waals surface area contributed by atoms with Gasteiger partial charge in [0.15, 0.2) is 0 Å². The van der Waals surface area contributed by atoms with E-state index < -0.39 is 0 Å². The number of benzene rings is 2. The van der Waals surface area contributed by atoms with Gasteiger partial charge in [-0.2, -0.15) is 0 Å². The smallest absolute Gasteiger partial charge is 0.0553 e. The van der Waals surface area contributed by atoms with E-state index in [-0.39, 0.29) is 0 Å². The van der Waals surface area contributed by atoms with Crippen molar-refractivity contribution in [2.75, 3.05) is 10.6 Å². The third-order valence-corrected chi connectivity index (χ3v) is 3.97. The first kappa shape index (κ1) is 13.0. The van der Waals surface area contributed by atoms with Crippen LogP contribution in [0.3, 0.4) is 0 Å². The van der Waals surface area contributed by atoms with Crippen molar-refractivity contribution >= 4 is 11.4 Å². The summed E-state index contributed by atoms with van der Waals surface area (Å²) in [4.78, 5) is 0. The van der Waals surface area contributed by atoms with Crippen LogP contribution in [0.25, 0.3) is 0 Å². The number of nitrogens with one attached hydrogen (secondary N) is 2. The summed E-state index contributed by atoms with van der Waals surface area (Å²) in [5.41, 5.74) is 6.45. The molecule has 0 fully saturated rings. The molecule has 0 spiro atoms. The molecule has 0 saturated heterocycles. The Labute approximate surface area is 121 Å². The van der Waals surface area contributed by atoms with Gasteiger partial charge in [-0.05, 0) is 51.0 Å². The lowest BCUT2D eigenvalue weighted by Gasteiger charge is -2.33. The lowest BCUT2D eigenvalue weighted by Crippen LogP contribution is -2.29. The maximum absolute atomic E-state index is 3.68. The Morgan fingerprint density at radius 1 is 1.00 bits per heavy atom. The highest BCUT2D eigenvalue weighted by atomic mass is 15.0. The van der Waals surface area contributed by atoms with E-state index in [4.69, 9.17) is 0 Å². The van der Waals surface area contributed by atoms with Gasteiger partial charge in [-0.3, -0.25) is 0 Å². The molecule has 0 aromatic heterocycles. The first-order valence-corrected chi connectivity index (χ1v) is 7.32. The van der Waals surface area contributed by atoms with Crippen LogP contribution < -0.4 is 10.6 Å². The number of aryl methyl sites for hydroxylation is 2. The van der Waals surface area contributed by atoms with Crippen molar-refractivity contribution < 1.29 is 0 Å². The Morgan fingerprint density at radius 3 is 2.45 bits per heavy atom. The van der Waals surface area contributed by atoms with E-state index in [1.54, 1.807) is 0 Å². The van der Waals surface area contributed by atoms with E-state index in [9.17, 15) is 0 Å². The molecule has 2 atom stereocenters. The van der Waals surface area contributed by atoms with E-state index in [1.165, 1.54) is 28.1 Å². The number of fused-ring (bicyclic) bond motifs is 1. The molecule has 1 heterocycles. The minimum atomic E-state index is 0.379. The Hall–Kier alpha value is -1.96. The lowest BCUT2D eigenvalue weighted by atomic mass is 9.92. The van der Waals surface area contributed by atoms with E-state index in [1.807, 2.05) is 0 Å². The Morgan fingerprint density at radius 2 is 1.70 bits per heavy atom. The van der Waals surface area contributed by atoms with Crippen molar-refractivity contribution in [2.45, 2.75) is 39.3 Å². The zero-order valence-electron chi connectivity index (χ0n) is 12.4. The summed E-state index contributed by atoms with van der Waals surface area (Å²) in [6.45, 7) is 6.52. The van der Waals surface area contributed by atoms with Gasteiger partial charge in [-0.25, -0.2) is 0 Å². The maximum Gasteiger partial charge on any atom is 0.0553 e. The summed E-state index contributed by atoms with van der Waals surface area (Å²) in [6, 6.07) is 16.2. The summed E-state index contributed by atoms with van der Waals surface area (Å²) in [5.74, 6) is 0. The van der Waals surface area contributed by atoms with Crippen LogP contribution in [0.1, 0.15) is 36.1 Å². The average Bonchev–Trinajstić information content (AvgIpc) is 2.42. The van der Waals surface area contributed by atoms with Crippen LogP contribution in [0, 0.1) is 13.8 Å². The molecule has 0 saturated carbocycles. The second-order valence-corrected chi connectivity index (χ2v) is 5.93. The van der Waals surface area contributed by atoms with Gasteiger partial charge in [0.2, 0.25) is 0 Å². The van der Waals surface area contributed by atoms with Crippen LogP contribution in [-0.4, -0.2) is 6.04 Å². The number of rotatable bonds is 2. The largest absolute Gasteiger partial charge is 0.382 e. The summed E-state index contributed by atoms with van der Waals surface area (Å²) in [5, 5.41) is 7.25. The first-order valence-electron chi connectivity index (χ1n) is 7.32. The molecule has 104 valence electrons. The van der Waals surface area contributed by atoms with Gasteiger partial charge in [0, 0.05) is 17.4 Å². The van der Waals surface area contributed by atoms with E-state index in [0.717, 1.165) is 6.42 Å². The van der Waals surface area contributed by atoms with Crippen LogP contribution >= 0.6 is 0 Å². The Balaban J connectivity index is 1.90. The fourth-order valence-electron chi connectivity index (χ4n) is 2.89. The van der Waals surface area contributed by atoms with E-state index in [0.29, 0.717) is 12.1 Å². The quantitative estimate of drug-likeness (QED) is 0.826. The molecule has 2 aromatic rings. The molecule has 2 heteroatoms. The number of hydrogen-bond donors (Lipinski definition) is 2. The fraction of sp³-hybridized carbons (Fsp3) is 0.333. The van der Waals surface area contributed by atoms with Gasteiger partial charge in [-0.15, -0.1) is 0 Å². The maximum atomic E-state index is 3.68. The molecule has 2 nitrogen and oxygen atoms in total. The van der Waals surface area contributed by atoms with Crippen molar-refractivity contribution in [3.05, 3.63) is 59.2 Å². The fourth-order valence-corrected chi connectivity index (χ4v) is 2.89. The van der Waals surface area contributed by atoms with E-state index >= 15 is 0 Å². The van der Waals surface area contributed by atoms with Crippen molar-refractivity contribution in [3.8, 4) is 0 Å². The van der Waals surface area contributed by atoms with Gasteiger partial charge in [-0.1, -0.05) is 35.4 Å². The molecule has 2 N–H and O–H groups in total. The standard InChI is InChI=1S/C18H22N2/c1-12-4-7-15(8-5-12)20-18-11-14(3)19-17-9-6-13(2)10-16(17)18/h4-10,14,18-20H,11H2,1-3H3/t14-,18-/m1/s1. The monoisotopic (exact) mass is 266 g/mol. The summed E-state index contributed by atoms with van der Waals surface area (Å²) >= 11 is 0. The highest BCUT2D eigenvalue weighted by molar-refractivity contribution is 5.59. The molecule has 3 rings (SSSR count). The molecule has 1 aliphatic rings. The van der Waals surface area contributed by atoms with E-state index in [2.05, 4.69) is 73.9 Å². The molecule has 0 aliphatic carbocycles. The summed E-state index contributed by atoms with van der Waals surface area (Å²) in [7, 11) is 0. The van der Waals surface area contributed by atoms with Gasteiger partial charge in [0.05, 0.1) is 6.04 Å². The number of hydrogen-bond acceptors (Lipinski definition) is 2. The number of anilines is 2. The Kier molecular flexibility index (Phi) is 3.39. The van der Waals surface area contributed by atoms with Crippen molar-refractivity contribution in [3.63, 3.8) is 0 Å². The highest BCUT2D eigenvalue weighted by Gasteiger charge is 2.23. The highest BCUT2D eigenvalue weighted by Crippen LogP contribution is 2.35. The van der Waals surface area contributed by atoms with Crippen molar-refractivity contribution in [2.24, 2.45) is 0 Å². The zero-order valence-corrected chi connectivity index (χ0v) is 12.4. The average molecular weight is 266 g/mol.